The zero-order chi connectivity index (χ0) is 16.1. The van der Waals surface area contributed by atoms with Crippen LogP contribution in [0.25, 0.3) is 0 Å². The molecule has 1 unspecified atom stereocenters. The second-order valence-corrected chi connectivity index (χ2v) is 7.78. The molecular weight excluding hydrogens is 272 g/mol. The highest BCUT2D eigenvalue weighted by Crippen LogP contribution is 2.33. The average molecular weight is 302 g/mol. The topological polar surface area (TPSA) is 54.4 Å². The maximum atomic E-state index is 11.7. The smallest absolute Gasteiger partial charge is 0.282 e. The first-order valence-corrected chi connectivity index (χ1v) is 8.78. The lowest BCUT2D eigenvalue weighted by Crippen LogP contribution is -2.20. The largest absolute Gasteiger partial charge is 0.290 e. The zero-order valence-electron chi connectivity index (χ0n) is 13.8. The molecule has 3 nitrogen and oxygen atoms in total. The van der Waals surface area contributed by atoms with Crippen LogP contribution in [0.3, 0.4) is 0 Å². The summed E-state index contributed by atoms with van der Waals surface area (Å²) in [6, 6.07) is 0. The van der Waals surface area contributed by atoms with Crippen molar-refractivity contribution in [2.75, 3.05) is 0 Å². The third kappa shape index (κ3) is 6.23. The van der Waals surface area contributed by atoms with Crippen molar-refractivity contribution in [2.45, 2.75) is 54.9 Å². The Morgan fingerprint density at radius 1 is 1.10 bits per heavy atom. The van der Waals surface area contributed by atoms with Gasteiger partial charge < -0.3 is 0 Å². The Labute approximate surface area is 124 Å². The van der Waals surface area contributed by atoms with Gasteiger partial charge in [0, 0.05) is 5.92 Å². The third-order valence-corrected chi connectivity index (χ3v) is 4.57. The van der Waals surface area contributed by atoms with E-state index in [0.717, 1.165) is 0 Å². The lowest BCUT2D eigenvalue weighted by Gasteiger charge is -2.25. The second kappa shape index (κ2) is 7.99. The second-order valence-electron chi connectivity index (χ2n) is 6.36. The first kappa shape index (κ1) is 19.4. The van der Waals surface area contributed by atoms with Crippen LogP contribution in [0.5, 0.6) is 0 Å². The van der Waals surface area contributed by atoms with Crippen molar-refractivity contribution in [3.8, 4) is 0 Å². The van der Waals surface area contributed by atoms with Gasteiger partial charge in [0.15, 0.2) is 0 Å². The monoisotopic (exact) mass is 302 g/mol. The lowest BCUT2D eigenvalue weighted by molar-refractivity contribution is 0.417. The van der Waals surface area contributed by atoms with Gasteiger partial charge in [0.05, 0.1) is 4.91 Å². The first-order chi connectivity index (χ1) is 9.00. The van der Waals surface area contributed by atoms with E-state index in [2.05, 4.69) is 19.9 Å². The summed E-state index contributed by atoms with van der Waals surface area (Å²) < 4.78 is 33.0. The quantitative estimate of drug-likeness (QED) is 0.549. The van der Waals surface area contributed by atoms with Gasteiger partial charge in [-0.3, -0.25) is 4.55 Å². The molecule has 4 heteroatoms. The van der Waals surface area contributed by atoms with Crippen LogP contribution in [0.2, 0.25) is 0 Å². The van der Waals surface area contributed by atoms with Gasteiger partial charge in [0.2, 0.25) is 0 Å². The van der Waals surface area contributed by atoms with Crippen LogP contribution in [0.4, 0.5) is 0 Å². The van der Waals surface area contributed by atoms with Crippen LogP contribution in [0.15, 0.2) is 22.6 Å². The molecule has 0 saturated carbocycles. The van der Waals surface area contributed by atoms with Crippen molar-refractivity contribution in [3.05, 3.63) is 22.6 Å². The Morgan fingerprint density at radius 2 is 1.60 bits per heavy atom. The summed E-state index contributed by atoms with van der Waals surface area (Å²) in [5.41, 5.74) is 1.22. The lowest BCUT2D eigenvalue weighted by atomic mass is 9.84. The molecule has 0 aliphatic carbocycles. The van der Waals surface area contributed by atoms with Crippen LogP contribution in [-0.2, 0) is 10.1 Å². The summed E-state index contributed by atoms with van der Waals surface area (Å²) in [6.07, 6.45) is 4.40. The molecule has 0 aliphatic heterocycles. The maximum absolute atomic E-state index is 11.7. The number of hydrogen-bond acceptors (Lipinski definition) is 2. The van der Waals surface area contributed by atoms with Crippen LogP contribution >= 0.6 is 0 Å². The normalized spacial score (nSPS) is 16.4. The zero-order valence-corrected chi connectivity index (χ0v) is 14.7. The molecule has 0 rings (SSSR count). The number of rotatable bonds is 7. The average Bonchev–Trinajstić information content (AvgIpc) is 2.25. The highest BCUT2D eigenvalue weighted by molar-refractivity contribution is 7.89. The van der Waals surface area contributed by atoms with Gasteiger partial charge in [-0.15, -0.1) is 0 Å². The van der Waals surface area contributed by atoms with Crippen molar-refractivity contribution < 1.29 is 13.0 Å². The standard InChI is InChI=1S/C16H30O3S/c1-8-14(12(4)5)10-15(13(6)7)16(9-11(2)3)20(17,18)19/h8-9,11-13,15H,10H2,1-7H3,(H,17,18,19)/b14-8+,16-9-. The molecule has 0 amide bonds. The van der Waals surface area contributed by atoms with Gasteiger partial charge in [-0.25, -0.2) is 0 Å². The fraction of sp³-hybridized carbons (Fsp3) is 0.750. The van der Waals surface area contributed by atoms with Crippen molar-refractivity contribution in [2.24, 2.45) is 23.7 Å². The molecule has 0 spiro atoms. The molecule has 0 bridgehead atoms. The fourth-order valence-electron chi connectivity index (χ4n) is 2.34. The van der Waals surface area contributed by atoms with E-state index in [1.165, 1.54) is 5.57 Å². The van der Waals surface area contributed by atoms with Crippen LogP contribution < -0.4 is 0 Å². The van der Waals surface area contributed by atoms with E-state index in [4.69, 9.17) is 0 Å². The molecule has 0 aliphatic rings. The molecule has 0 saturated heterocycles. The molecule has 0 radical (unpaired) electrons. The van der Waals surface area contributed by atoms with Gasteiger partial charge in [-0.1, -0.05) is 59.3 Å². The molecule has 118 valence electrons. The van der Waals surface area contributed by atoms with E-state index >= 15 is 0 Å². The summed E-state index contributed by atoms with van der Waals surface area (Å²) >= 11 is 0. The van der Waals surface area contributed by atoms with Crippen LogP contribution in [0.1, 0.15) is 54.9 Å². The van der Waals surface area contributed by atoms with Gasteiger partial charge in [-0.05, 0) is 31.1 Å². The third-order valence-electron chi connectivity index (χ3n) is 3.53. The molecule has 1 atom stereocenters. The minimum atomic E-state index is -4.15. The van der Waals surface area contributed by atoms with E-state index in [1.54, 1.807) is 6.08 Å². The Hall–Kier alpha value is -0.610. The highest BCUT2D eigenvalue weighted by atomic mass is 32.2. The Balaban J connectivity index is 5.65. The van der Waals surface area contributed by atoms with E-state index < -0.39 is 10.1 Å². The Morgan fingerprint density at radius 3 is 1.85 bits per heavy atom. The highest BCUT2D eigenvalue weighted by Gasteiger charge is 2.28. The molecule has 20 heavy (non-hydrogen) atoms. The van der Waals surface area contributed by atoms with E-state index in [-0.39, 0.29) is 22.7 Å². The molecule has 0 heterocycles. The van der Waals surface area contributed by atoms with Gasteiger partial charge >= 0.3 is 0 Å². The van der Waals surface area contributed by atoms with Crippen molar-refractivity contribution in [1.82, 2.24) is 0 Å². The van der Waals surface area contributed by atoms with E-state index in [1.807, 2.05) is 34.6 Å². The van der Waals surface area contributed by atoms with Crippen molar-refractivity contribution >= 4 is 10.1 Å². The minimum Gasteiger partial charge on any atom is -0.282 e. The van der Waals surface area contributed by atoms with E-state index in [0.29, 0.717) is 12.3 Å². The Kier molecular flexibility index (Phi) is 7.74. The fourth-order valence-corrected chi connectivity index (χ4v) is 3.52. The van der Waals surface area contributed by atoms with Gasteiger partial charge in [0.25, 0.3) is 10.1 Å². The van der Waals surface area contributed by atoms with Crippen LogP contribution in [-0.4, -0.2) is 13.0 Å². The Bertz CT molecular complexity index is 454. The number of allylic oxidation sites excluding steroid dienone is 4. The van der Waals surface area contributed by atoms with Crippen LogP contribution in [0, 0.1) is 23.7 Å². The predicted molar refractivity (Wildman–Crippen MR) is 86.0 cm³/mol. The molecule has 0 aromatic heterocycles. The summed E-state index contributed by atoms with van der Waals surface area (Å²) in [5, 5.41) is 0. The summed E-state index contributed by atoms with van der Waals surface area (Å²) in [7, 11) is -4.15. The number of hydrogen-bond donors (Lipinski definition) is 1. The molecular formula is C16H30O3S. The maximum Gasteiger partial charge on any atom is 0.290 e. The SMILES string of the molecule is C/C=C(\CC(/C(=C/C(C)C)S(=O)(=O)O)C(C)C)C(C)C. The van der Waals surface area contributed by atoms with Crippen molar-refractivity contribution in [1.29, 1.82) is 0 Å². The van der Waals surface area contributed by atoms with Gasteiger partial charge in [0.1, 0.15) is 0 Å². The van der Waals surface area contributed by atoms with E-state index in [9.17, 15) is 13.0 Å². The molecule has 0 fully saturated rings. The molecule has 0 aromatic carbocycles. The molecule has 0 aromatic rings. The van der Waals surface area contributed by atoms with Crippen molar-refractivity contribution in [3.63, 3.8) is 0 Å². The molecule has 1 N–H and O–H groups in total. The summed E-state index contributed by atoms with van der Waals surface area (Å²) in [5.74, 6) is 0.431. The summed E-state index contributed by atoms with van der Waals surface area (Å²) in [6.45, 7) is 14.0. The van der Waals surface area contributed by atoms with Gasteiger partial charge in [-0.2, -0.15) is 8.42 Å². The predicted octanol–water partition coefficient (Wildman–Crippen LogP) is 4.68. The summed E-state index contributed by atoms with van der Waals surface area (Å²) in [4.78, 5) is 0.169. The minimum absolute atomic E-state index is 0.0845. The first-order valence-electron chi connectivity index (χ1n) is 7.34.